The number of carbonyl (C=O) groups is 2. The molecule has 0 atom stereocenters. The number of rotatable bonds is 11. The van der Waals surface area contributed by atoms with E-state index in [1.54, 1.807) is 12.1 Å². The van der Waals surface area contributed by atoms with Crippen molar-refractivity contribution in [3.63, 3.8) is 0 Å². The SMILES string of the molecule is N#Cc1ccc(-c2ccc(C(=O)NCCCCN3CCC(c4ccc5c(c4OCC(N)=O)CCCC5)CC3)cc2)cc1. The average molecular weight is 565 g/mol. The fourth-order valence-electron chi connectivity index (χ4n) is 6.23. The number of piperidine rings is 1. The van der Waals surface area contributed by atoms with Crippen molar-refractivity contribution in [3.05, 3.63) is 88.5 Å². The number of unbranched alkanes of at least 4 members (excludes halogenated alkanes) is 1. The molecule has 3 N–H and O–H groups in total. The number of ether oxygens (including phenoxy) is 1. The first-order valence-electron chi connectivity index (χ1n) is 15.2. The Morgan fingerprint density at radius 3 is 2.31 bits per heavy atom. The highest BCUT2D eigenvalue weighted by atomic mass is 16.5. The molecule has 3 aromatic carbocycles. The van der Waals surface area contributed by atoms with Crippen LogP contribution < -0.4 is 15.8 Å². The smallest absolute Gasteiger partial charge is 0.255 e. The molecular formula is C35H40N4O3. The summed E-state index contributed by atoms with van der Waals surface area (Å²) in [7, 11) is 0. The monoisotopic (exact) mass is 564 g/mol. The third-order valence-corrected chi connectivity index (χ3v) is 8.58. The highest BCUT2D eigenvalue weighted by molar-refractivity contribution is 5.94. The van der Waals surface area contributed by atoms with Gasteiger partial charge >= 0.3 is 0 Å². The first-order chi connectivity index (χ1) is 20.5. The summed E-state index contributed by atoms with van der Waals surface area (Å²) < 4.78 is 6.02. The van der Waals surface area contributed by atoms with Crippen molar-refractivity contribution in [1.82, 2.24) is 10.2 Å². The normalized spacial score (nSPS) is 15.4. The molecule has 0 bridgehead atoms. The van der Waals surface area contributed by atoms with Crippen molar-refractivity contribution in [2.24, 2.45) is 5.73 Å². The molecule has 0 aromatic heterocycles. The molecule has 0 saturated carbocycles. The van der Waals surface area contributed by atoms with E-state index in [2.05, 4.69) is 28.4 Å². The Morgan fingerprint density at radius 2 is 1.62 bits per heavy atom. The van der Waals surface area contributed by atoms with Crippen molar-refractivity contribution < 1.29 is 14.3 Å². The van der Waals surface area contributed by atoms with Gasteiger partial charge in [-0.1, -0.05) is 36.4 Å². The number of amides is 2. The van der Waals surface area contributed by atoms with Crippen LogP contribution in [-0.4, -0.2) is 49.5 Å². The molecule has 218 valence electrons. The first kappa shape index (κ1) is 29.3. The molecule has 1 aliphatic carbocycles. The zero-order valence-corrected chi connectivity index (χ0v) is 24.2. The molecule has 1 fully saturated rings. The van der Waals surface area contributed by atoms with Crippen LogP contribution in [0.5, 0.6) is 5.75 Å². The van der Waals surface area contributed by atoms with Crippen LogP contribution in [0.25, 0.3) is 11.1 Å². The summed E-state index contributed by atoms with van der Waals surface area (Å²) in [5, 5.41) is 12.0. The topological polar surface area (TPSA) is 108 Å². The van der Waals surface area contributed by atoms with Crippen LogP contribution in [0.3, 0.4) is 0 Å². The van der Waals surface area contributed by atoms with E-state index < -0.39 is 5.91 Å². The Morgan fingerprint density at radius 1 is 0.929 bits per heavy atom. The van der Waals surface area contributed by atoms with E-state index >= 15 is 0 Å². The molecule has 2 aliphatic rings. The van der Waals surface area contributed by atoms with E-state index in [4.69, 9.17) is 15.7 Å². The van der Waals surface area contributed by atoms with Crippen LogP contribution in [0.2, 0.25) is 0 Å². The first-order valence-corrected chi connectivity index (χ1v) is 15.2. The highest BCUT2D eigenvalue weighted by Gasteiger charge is 2.26. The van der Waals surface area contributed by atoms with Gasteiger partial charge in [-0.2, -0.15) is 5.26 Å². The molecule has 0 radical (unpaired) electrons. The Bertz CT molecular complexity index is 1420. The molecular weight excluding hydrogens is 524 g/mol. The van der Waals surface area contributed by atoms with Gasteiger partial charge in [-0.15, -0.1) is 0 Å². The lowest BCUT2D eigenvalue weighted by molar-refractivity contribution is -0.120. The molecule has 7 nitrogen and oxygen atoms in total. The number of likely N-dealkylation sites (tertiary alicyclic amines) is 1. The molecule has 3 aromatic rings. The second kappa shape index (κ2) is 14.2. The number of aryl methyl sites for hydroxylation is 1. The molecule has 7 heteroatoms. The van der Waals surface area contributed by atoms with Crippen LogP contribution in [0.4, 0.5) is 0 Å². The number of primary amides is 1. The quantitative estimate of drug-likeness (QED) is 0.305. The van der Waals surface area contributed by atoms with Gasteiger partial charge in [0.15, 0.2) is 6.61 Å². The van der Waals surface area contributed by atoms with E-state index in [0.29, 0.717) is 23.6 Å². The van der Waals surface area contributed by atoms with E-state index in [1.165, 1.54) is 23.1 Å². The molecule has 1 heterocycles. The molecule has 1 saturated heterocycles. The van der Waals surface area contributed by atoms with Gasteiger partial charge in [-0.05, 0) is 129 Å². The lowest BCUT2D eigenvalue weighted by atomic mass is 9.83. The fraction of sp³-hybridized carbons (Fsp3) is 0.400. The third kappa shape index (κ3) is 7.37. The lowest BCUT2D eigenvalue weighted by Crippen LogP contribution is -2.34. The van der Waals surface area contributed by atoms with Crippen LogP contribution >= 0.6 is 0 Å². The Labute approximate surface area is 248 Å². The summed E-state index contributed by atoms with van der Waals surface area (Å²) in [4.78, 5) is 26.6. The van der Waals surface area contributed by atoms with Crippen LogP contribution in [-0.2, 0) is 17.6 Å². The molecule has 2 amide bonds. The number of nitrogens with two attached hydrogens (primary N) is 1. The van der Waals surface area contributed by atoms with Crippen molar-refractivity contribution in [2.75, 3.05) is 32.8 Å². The number of nitrogens with one attached hydrogen (secondary N) is 1. The number of hydrogen-bond acceptors (Lipinski definition) is 5. The van der Waals surface area contributed by atoms with E-state index in [-0.39, 0.29) is 12.5 Å². The Hall–Kier alpha value is -4.15. The van der Waals surface area contributed by atoms with Gasteiger partial charge in [0, 0.05) is 12.1 Å². The predicted molar refractivity (Wildman–Crippen MR) is 164 cm³/mol. The van der Waals surface area contributed by atoms with Gasteiger partial charge in [0.25, 0.3) is 11.8 Å². The standard InChI is InChI=1S/C35H40N4O3/c36-23-25-7-9-26(10-8-25)27-11-13-30(14-12-27)35(41)38-19-3-4-20-39-21-17-29(18-22-39)32-16-15-28-5-1-2-6-31(28)34(32)42-24-33(37)40/h7-16,29H,1-6,17-22,24H2,(H2,37,40)(H,38,41). The molecule has 1 aliphatic heterocycles. The van der Waals surface area contributed by atoms with Crippen molar-refractivity contribution in [3.8, 4) is 22.9 Å². The van der Waals surface area contributed by atoms with Gasteiger partial charge in [-0.3, -0.25) is 9.59 Å². The van der Waals surface area contributed by atoms with Gasteiger partial charge in [0.2, 0.25) is 0 Å². The molecule has 42 heavy (non-hydrogen) atoms. The van der Waals surface area contributed by atoms with Crippen molar-refractivity contribution in [2.45, 2.75) is 57.3 Å². The largest absolute Gasteiger partial charge is 0.483 e. The maximum atomic E-state index is 12.6. The van der Waals surface area contributed by atoms with E-state index in [1.807, 2.05) is 36.4 Å². The molecule has 5 rings (SSSR count). The van der Waals surface area contributed by atoms with Gasteiger partial charge in [-0.25, -0.2) is 0 Å². The minimum atomic E-state index is -0.432. The zero-order chi connectivity index (χ0) is 29.3. The summed E-state index contributed by atoms with van der Waals surface area (Å²) in [6, 6.07) is 21.6. The summed E-state index contributed by atoms with van der Waals surface area (Å²) in [5.74, 6) is 0.864. The number of carbonyl (C=O) groups excluding carboxylic acids is 2. The highest BCUT2D eigenvalue weighted by Crippen LogP contribution is 2.40. The zero-order valence-electron chi connectivity index (χ0n) is 24.2. The second-order valence-electron chi connectivity index (χ2n) is 11.4. The molecule has 0 unspecified atom stereocenters. The Kier molecular flexibility index (Phi) is 9.89. The minimum Gasteiger partial charge on any atom is -0.483 e. The number of fused-ring (bicyclic) bond motifs is 1. The third-order valence-electron chi connectivity index (χ3n) is 8.58. The van der Waals surface area contributed by atoms with E-state index in [0.717, 1.165) is 81.5 Å². The van der Waals surface area contributed by atoms with Crippen LogP contribution in [0.15, 0.2) is 60.7 Å². The lowest BCUT2D eigenvalue weighted by Gasteiger charge is -2.34. The summed E-state index contributed by atoms with van der Waals surface area (Å²) in [6.07, 6.45) is 8.57. The van der Waals surface area contributed by atoms with Crippen molar-refractivity contribution in [1.29, 1.82) is 5.26 Å². The predicted octanol–water partition coefficient (Wildman–Crippen LogP) is 5.36. The van der Waals surface area contributed by atoms with Crippen LogP contribution in [0.1, 0.15) is 77.1 Å². The van der Waals surface area contributed by atoms with E-state index in [9.17, 15) is 9.59 Å². The number of benzene rings is 3. The maximum Gasteiger partial charge on any atom is 0.255 e. The number of nitriles is 1. The fourth-order valence-corrected chi connectivity index (χ4v) is 6.23. The Balaban J connectivity index is 1.04. The molecule has 0 spiro atoms. The summed E-state index contributed by atoms with van der Waals surface area (Å²) >= 11 is 0. The van der Waals surface area contributed by atoms with Gasteiger partial charge in [0.05, 0.1) is 11.6 Å². The van der Waals surface area contributed by atoms with Gasteiger partial charge in [0.1, 0.15) is 5.75 Å². The number of hydrogen-bond donors (Lipinski definition) is 2. The van der Waals surface area contributed by atoms with Gasteiger partial charge < -0.3 is 20.7 Å². The number of nitrogens with zero attached hydrogens (tertiary/aromatic N) is 2. The van der Waals surface area contributed by atoms with Crippen LogP contribution in [0, 0.1) is 11.3 Å². The van der Waals surface area contributed by atoms with Crippen molar-refractivity contribution >= 4 is 11.8 Å². The second-order valence-corrected chi connectivity index (χ2v) is 11.4. The minimum absolute atomic E-state index is 0.0541. The summed E-state index contributed by atoms with van der Waals surface area (Å²) in [6.45, 7) is 3.69. The average Bonchev–Trinajstić information content (AvgIpc) is 3.03. The summed E-state index contributed by atoms with van der Waals surface area (Å²) in [5.41, 5.74) is 12.6. The maximum absolute atomic E-state index is 12.6.